The van der Waals surface area contributed by atoms with Crippen molar-refractivity contribution in [2.24, 2.45) is 0 Å². The van der Waals surface area contributed by atoms with Crippen LogP contribution in [0.5, 0.6) is 0 Å². The van der Waals surface area contributed by atoms with Crippen molar-refractivity contribution in [1.82, 2.24) is 10.2 Å². The van der Waals surface area contributed by atoms with Crippen molar-refractivity contribution in [3.63, 3.8) is 0 Å². The predicted octanol–water partition coefficient (Wildman–Crippen LogP) is 2.11. The molecule has 4 heteroatoms. The van der Waals surface area contributed by atoms with E-state index < -0.39 is 17.2 Å². The van der Waals surface area contributed by atoms with Crippen molar-refractivity contribution in [3.05, 3.63) is 35.4 Å². The molecular formula is C13H18F2N2. The van der Waals surface area contributed by atoms with Gasteiger partial charge in [0.15, 0.2) is 0 Å². The Kier molecular flexibility index (Phi) is 3.45. The molecule has 1 heterocycles. The molecule has 0 aromatic heterocycles. The summed E-state index contributed by atoms with van der Waals surface area (Å²) in [6.07, 6.45) is 0. The predicted molar refractivity (Wildman–Crippen MR) is 63.8 cm³/mol. The highest BCUT2D eigenvalue weighted by molar-refractivity contribution is 5.25. The topological polar surface area (TPSA) is 15.3 Å². The Morgan fingerprint density at radius 2 is 1.82 bits per heavy atom. The summed E-state index contributed by atoms with van der Waals surface area (Å²) in [6.45, 7) is 7.54. The zero-order chi connectivity index (χ0) is 12.5. The highest BCUT2D eigenvalue weighted by Gasteiger charge is 2.31. The fraction of sp³-hybridized carbons (Fsp3) is 0.538. The average Bonchev–Trinajstić information content (AvgIpc) is 2.29. The van der Waals surface area contributed by atoms with Gasteiger partial charge >= 0.3 is 0 Å². The fourth-order valence-corrected chi connectivity index (χ4v) is 2.38. The van der Waals surface area contributed by atoms with E-state index in [0.29, 0.717) is 5.56 Å². The van der Waals surface area contributed by atoms with Crippen molar-refractivity contribution in [1.29, 1.82) is 0 Å². The Balaban J connectivity index is 2.29. The maximum Gasteiger partial charge on any atom is 0.131 e. The van der Waals surface area contributed by atoms with Crippen LogP contribution in [0.2, 0.25) is 0 Å². The molecule has 1 N–H and O–H groups in total. The molecule has 1 aromatic rings. The Morgan fingerprint density at radius 1 is 1.18 bits per heavy atom. The highest BCUT2D eigenvalue weighted by Crippen LogP contribution is 2.30. The molecule has 0 aliphatic carbocycles. The van der Waals surface area contributed by atoms with Gasteiger partial charge in [-0.2, -0.15) is 0 Å². The maximum absolute atomic E-state index is 13.8. The molecule has 0 radical (unpaired) electrons. The lowest BCUT2D eigenvalue weighted by Crippen LogP contribution is -2.52. The zero-order valence-corrected chi connectivity index (χ0v) is 10.3. The molecule has 17 heavy (non-hydrogen) atoms. The van der Waals surface area contributed by atoms with E-state index in [1.807, 2.05) is 13.8 Å². The number of halogens is 2. The van der Waals surface area contributed by atoms with E-state index >= 15 is 0 Å². The van der Waals surface area contributed by atoms with Crippen LogP contribution in [0, 0.1) is 11.6 Å². The Hall–Kier alpha value is -1.00. The molecule has 0 bridgehead atoms. The van der Waals surface area contributed by atoms with Crippen molar-refractivity contribution in [2.75, 3.05) is 26.2 Å². The quantitative estimate of drug-likeness (QED) is 0.851. The van der Waals surface area contributed by atoms with Crippen molar-refractivity contribution >= 4 is 0 Å². The van der Waals surface area contributed by atoms with E-state index in [9.17, 15) is 8.78 Å². The molecule has 1 fully saturated rings. The number of hydrogen-bond acceptors (Lipinski definition) is 2. The van der Waals surface area contributed by atoms with Gasteiger partial charge < -0.3 is 5.32 Å². The Morgan fingerprint density at radius 3 is 2.41 bits per heavy atom. The second-order valence-electron chi connectivity index (χ2n) is 4.92. The molecule has 1 aliphatic heterocycles. The van der Waals surface area contributed by atoms with Gasteiger partial charge in [0.05, 0.1) is 0 Å². The number of nitrogens with zero attached hydrogens (tertiary/aromatic N) is 1. The van der Waals surface area contributed by atoms with Crippen LogP contribution in [0.15, 0.2) is 18.2 Å². The molecule has 1 saturated heterocycles. The van der Waals surface area contributed by atoms with E-state index in [2.05, 4.69) is 10.2 Å². The van der Waals surface area contributed by atoms with Gasteiger partial charge in [-0.05, 0) is 19.9 Å². The summed E-state index contributed by atoms with van der Waals surface area (Å²) in [5.41, 5.74) is 0.153. The molecule has 2 rings (SSSR count). The first-order valence-electron chi connectivity index (χ1n) is 5.93. The van der Waals surface area contributed by atoms with E-state index in [1.54, 1.807) is 6.07 Å². The molecule has 0 saturated carbocycles. The molecule has 0 unspecified atom stereocenters. The Bertz CT molecular complexity index is 398. The molecule has 1 aliphatic rings. The smallest absolute Gasteiger partial charge is 0.131 e. The van der Waals surface area contributed by atoms with E-state index in [0.717, 1.165) is 32.2 Å². The van der Waals surface area contributed by atoms with Gasteiger partial charge in [-0.25, -0.2) is 8.78 Å². The third kappa shape index (κ3) is 2.48. The summed E-state index contributed by atoms with van der Waals surface area (Å²) in [4.78, 5) is 2.22. The largest absolute Gasteiger partial charge is 0.314 e. The van der Waals surface area contributed by atoms with Crippen LogP contribution in [0.4, 0.5) is 8.78 Å². The molecule has 1 aromatic carbocycles. The van der Waals surface area contributed by atoms with Crippen LogP contribution in [-0.2, 0) is 5.54 Å². The third-order valence-electron chi connectivity index (χ3n) is 3.50. The molecular weight excluding hydrogens is 222 g/mol. The van der Waals surface area contributed by atoms with Gasteiger partial charge in [-0.1, -0.05) is 6.07 Å². The van der Waals surface area contributed by atoms with Crippen LogP contribution in [0.25, 0.3) is 0 Å². The Labute approximate surface area is 101 Å². The normalized spacial score (nSPS) is 18.4. The van der Waals surface area contributed by atoms with Crippen LogP contribution in [-0.4, -0.2) is 31.1 Å². The molecule has 0 atom stereocenters. The number of benzene rings is 1. The highest BCUT2D eigenvalue weighted by atomic mass is 19.1. The third-order valence-corrected chi connectivity index (χ3v) is 3.50. The number of rotatable bonds is 2. The summed E-state index contributed by atoms with van der Waals surface area (Å²) in [7, 11) is 0. The van der Waals surface area contributed by atoms with Crippen molar-refractivity contribution in [3.8, 4) is 0 Å². The van der Waals surface area contributed by atoms with E-state index in [-0.39, 0.29) is 0 Å². The number of piperazine rings is 1. The lowest BCUT2D eigenvalue weighted by atomic mass is 9.91. The maximum atomic E-state index is 13.8. The standard InChI is InChI=1S/C13H18F2N2/c1-13(2,17-7-5-16-6-8-17)11-4-3-10(14)9-12(11)15/h3-4,9,16H,5-8H2,1-2H3. The van der Waals surface area contributed by atoms with Crippen molar-refractivity contribution in [2.45, 2.75) is 19.4 Å². The lowest BCUT2D eigenvalue weighted by Gasteiger charge is -2.41. The number of hydrogen-bond donors (Lipinski definition) is 1. The number of nitrogens with one attached hydrogen (secondary N) is 1. The summed E-state index contributed by atoms with van der Waals surface area (Å²) >= 11 is 0. The van der Waals surface area contributed by atoms with Crippen LogP contribution in [0.1, 0.15) is 19.4 Å². The van der Waals surface area contributed by atoms with Gasteiger partial charge in [0.1, 0.15) is 11.6 Å². The van der Waals surface area contributed by atoms with E-state index in [1.165, 1.54) is 6.07 Å². The second-order valence-corrected chi connectivity index (χ2v) is 4.92. The van der Waals surface area contributed by atoms with Crippen molar-refractivity contribution < 1.29 is 8.78 Å². The average molecular weight is 240 g/mol. The summed E-state index contributed by atoms with van der Waals surface area (Å²) in [5, 5.41) is 3.27. The first kappa shape index (κ1) is 12.5. The molecule has 0 spiro atoms. The van der Waals surface area contributed by atoms with Crippen LogP contribution >= 0.6 is 0 Å². The summed E-state index contributed by atoms with van der Waals surface area (Å²) < 4.78 is 26.7. The van der Waals surface area contributed by atoms with Crippen LogP contribution in [0.3, 0.4) is 0 Å². The summed E-state index contributed by atoms with van der Waals surface area (Å²) in [5.74, 6) is -0.990. The SMILES string of the molecule is CC(C)(c1ccc(F)cc1F)N1CCNCC1. The molecule has 2 nitrogen and oxygen atoms in total. The first-order chi connectivity index (χ1) is 8.01. The lowest BCUT2D eigenvalue weighted by molar-refractivity contribution is 0.0991. The molecule has 94 valence electrons. The minimum Gasteiger partial charge on any atom is -0.314 e. The van der Waals surface area contributed by atoms with Gasteiger partial charge in [-0.15, -0.1) is 0 Å². The minimum absolute atomic E-state index is 0.403. The van der Waals surface area contributed by atoms with E-state index in [4.69, 9.17) is 0 Å². The van der Waals surface area contributed by atoms with Gasteiger partial charge in [0.25, 0.3) is 0 Å². The summed E-state index contributed by atoms with van der Waals surface area (Å²) in [6, 6.07) is 3.83. The minimum atomic E-state index is -0.526. The van der Waals surface area contributed by atoms with Gasteiger partial charge in [-0.3, -0.25) is 4.90 Å². The monoisotopic (exact) mass is 240 g/mol. The van der Waals surface area contributed by atoms with Gasteiger partial charge in [0.2, 0.25) is 0 Å². The second kappa shape index (κ2) is 4.70. The van der Waals surface area contributed by atoms with Gasteiger partial charge in [0, 0.05) is 43.3 Å². The van der Waals surface area contributed by atoms with Crippen LogP contribution < -0.4 is 5.32 Å². The first-order valence-corrected chi connectivity index (χ1v) is 5.93. The fourth-order valence-electron chi connectivity index (χ4n) is 2.38. The molecule has 0 amide bonds. The zero-order valence-electron chi connectivity index (χ0n) is 10.3.